The summed E-state index contributed by atoms with van der Waals surface area (Å²) in [6.07, 6.45) is 2.80. The molecule has 1 rings (SSSR count). The Bertz CT molecular complexity index is 570. The molecule has 0 amide bonds. The molecule has 0 radical (unpaired) electrons. The predicted molar refractivity (Wildman–Crippen MR) is 118 cm³/mol. The second kappa shape index (κ2) is 17.6. The van der Waals surface area contributed by atoms with Crippen LogP contribution in [0.2, 0.25) is 0 Å². The summed E-state index contributed by atoms with van der Waals surface area (Å²) in [6.45, 7) is 10.4. The number of ether oxygens (including phenoxy) is 7. The largest absolute Gasteiger partial charge is 0.487 e. The summed E-state index contributed by atoms with van der Waals surface area (Å²) in [7, 11) is 1.33. The standard InChI is InChI=1S/C23H38O8/c1-5-8-26-11-14-29-20-17-19(23(24)25-4)18-21(30-15-12-27-9-6-2)22(20)31-16-13-28-10-7-3/h17-18H,5-16H2,1-4H3. The molecule has 0 unspecified atom stereocenters. The molecule has 0 N–H and O–H groups in total. The maximum atomic E-state index is 12.1. The molecule has 31 heavy (non-hydrogen) atoms. The average Bonchev–Trinajstić information content (AvgIpc) is 2.78. The summed E-state index contributed by atoms with van der Waals surface area (Å²) < 4.78 is 39.0. The van der Waals surface area contributed by atoms with Crippen molar-refractivity contribution >= 4 is 5.97 Å². The molecule has 8 nitrogen and oxygen atoms in total. The zero-order chi connectivity index (χ0) is 22.7. The number of benzene rings is 1. The highest BCUT2D eigenvalue weighted by atomic mass is 16.6. The van der Waals surface area contributed by atoms with Gasteiger partial charge in [-0.15, -0.1) is 0 Å². The molecule has 1 aromatic rings. The molecule has 0 heterocycles. The van der Waals surface area contributed by atoms with Crippen molar-refractivity contribution < 1.29 is 38.0 Å². The van der Waals surface area contributed by atoms with Gasteiger partial charge in [0, 0.05) is 19.8 Å². The van der Waals surface area contributed by atoms with Gasteiger partial charge in [0.25, 0.3) is 0 Å². The quantitative estimate of drug-likeness (QED) is 0.236. The van der Waals surface area contributed by atoms with Crippen LogP contribution in [-0.4, -0.2) is 72.5 Å². The van der Waals surface area contributed by atoms with E-state index >= 15 is 0 Å². The summed E-state index contributed by atoms with van der Waals surface area (Å²) in [5.74, 6) is 0.710. The van der Waals surface area contributed by atoms with Crippen molar-refractivity contribution in [3.63, 3.8) is 0 Å². The number of esters is 1. The molecule has 0 atom stereocenters. The second-order valence-electron chi connectivity index (χ2n) is 6.68. The van der Waals surface area contributed by atoms with E-state index < -0.39 is 5.97 Å². The third-order valence-corrected chi connectivity index (χ3v) is 3.93. The summed E-state index contributed by atoms with van der Waals surface area (Å²) >= 11 is 0. The Labute approximate surface area is 186 Å². The first-order valence-corrected chi connectivity index (χ1v) is 11.1. The molecular weight excluding hydrogens is 404 g/mol. The Morgan fingerprint density at radius 1 is 0.645 bits per heavy atom. The highest BCUT2D eigenvalue weighted by molar-refractivity contribution is 5.91. The van der Waals surface area contributed by atoms with Crippen LogP contribution in [0.3, 0.4) is 0 Å². The summed E-state index contributed by atoms with van der Waals surface area (Å²) in [4.78, 5) is 12.1. The van der Waals surface area contributed by atoms with Gasteiger partial charge in [-0.3, -0.25) is 0 Å². The molecule has 0 bridgehead atoms. The van der Waals surface area contributed by atoms with Crippen molar-refractivity contribution in [2.45, 2.75) is 40.0 Å². The zero-order valence-corrected chi connectivity index (χ0v) is 19.4. The normalized spacial score (nSPS) is 10.7. The lowest BCUT2D eigenvalue weighted by atomic mass is 10.2. The summed E-state index contributed by atoms with van der Waals surface area (Å²) in [5, 5.41) is 0. The fraction of sp³-hybridized carbons (Fsp3) is 0.696. The van der Waals surface area contributed by atoms with E-state index in [1.54, 1.807) is 12.1 Å². The van der Waals surface area contributed by atoms with Crippen molar-refractivity contribution in [1.82, 2.24) is 0 Å². The van der Waals surface area contributed by atoms with Gasteiger partial charge in [0.1, 0.15) is 19.8 Å². The maximum Gasteiger partial charge on any atom is 0.338 e. The van der Waals surface area contributed by atoms with Gasteiger partial charge < -0.3 is 33.2 Å². The van der Waals surface area contributed by atoms with Gasteiger partial charge >= 0.3 is 5.97 Å². The molecule has 0 spiro atoms. The van der Waals surface area contributed by atoms with E-state index in [0.29, 0.717) is 82.3 Å². The first-order valence-electron chi connectivity index (χ1n) is 11.1. The summed E-state index contributed by atoms with van der Waals surface area (Å²) in [5.41, 5.74) is 0.311. The minimum atomic E-state index is -0.489. The lowest BCUT2D eigenvalue weighted by molar-refractivity contribution is 0.0597. The Morgan fingerprint density at radius 2 is 1.06 bits per heavy atom. The number of rotatable bonds is 19. The molecule has 1 aromatic carbocycles. The molecule has 0 fully saturated rings. The topological polar surface area (TPSA) is 81.7 Å². The van der Waals surface area contributed by atoms with Crippen LogP contribution in [-0.2, 0) is 18.9 Å². The first kappa shape index (κ1) is 27.0. The second-order valence-corrected chi connectivity index (χ2v) is 6.68. The van der Waals surface area contributed by atoms with E-state index in [0.717, 1.165) is 19.3 Å². The SMILES string of the molecule is CCCOCCOc1cc(C(=O)OC)cc(OCCOCCC)c1OCCOCCC. The molecule has 0 aromatic heterocycles. The van der Waals surface area contributed by atoms with Crippen LogP contribution in [0, 0.1) is 0 Å². The minimum absolute atomic E-state index is 0.311. The van der Waals surface area contributed by atoms with E-state index in [1.165, 1.54) is 7.11 Å². The fourth-order valence-electron chi connectivity index (χ4n) is 2.53. The van der Waals surface area contributed by atoms with Crippen molar-refractivity contribution in [3.8, 4) is 17.2 Å². The number of hydrogen-bond donors (Lipinski definition) is 0. The van der Waals surface area contributed by atoms with Gasteiger partial charge in [0.2, 0.25) is 5.75 Å². The Kier molecular flexibility index (Phi) is 15.4. The van der Waals surface area contributed by atoms with Crippen LogP contribution < -0.4 is 14.2 Å². The van der Waals surface area contributed by atoms with Gasteiger partial charge in [-0.2, -0.15) is 0 Å². The zero-order valence-electron chi connectivity index (χ0n) is 19.4. The van der Waals surface area contributed by atoms with Gasteiger partial charge in [0.15, 0.2) is 11.5 Å². The third-order valence-electron chi connectivity index (χ3n) is 3.93. The van der Waals surface area contributed by atoms with Crippen LogP contribution >= 0.6 is 0 Å². The number of carbonyl (C=O) groups excluding carboxylic acids is 1. The molecule has 178 valence electrons. The molecule has 0 aliphatic rings. The van der Waals surface area contributed by atoms with Crippen molar-refractivity contribution in [1.29, 1.82) is 0 Å². The highest BCUT2D eigenvalue weighted by Gasteiger charge is 2.19. The number of carbonyl (C=O) groups is 1. The molecule has 8 heteroatoms. The molecule has 0 aliphatic heterocycles. The predicted octanol–water partition coefficient (Wildman–Crippen LogP) is 3.89. The number of methoxy groups -OCH3 is 1. The lowest BCUT2D eigenvalue weighted by Crippen LogP contribution is -2.14. The van der Waals surface area contributed by atoms with E-state index in [2.05, 4.69) is 0 Å². The first-order chi connectivity index (χ1) is 15.2. The van der Waals surface area contributed by atoms with E-state index in [-0.39, 0.29) is 0 Å². The number of hydrogen-bond acceptors (Lipinski definition) is 8. The third kappa shape index (κ3) is 11.2. The molecule has 0 saturated heterocycles. The van der Waals surface area contributed by atoms with Gasteiger partial charge in [-0.05, 0) is 31.4 Å². The van der Waals surface area contributed by atoms with E-state index in [4.69, 9.17) is 33.2 Å². The van der Waals surface area contributed by atoms with Crippen LogP contribution in [0.25, 0.3) is 0 Å². The van der Waals surface area contributed by atoms with Crippen LogP contribution in [0.5, 0.6) is 17.2 Å². The van der Waals surface area contributed by atoms with Crippen LogP contribution in [0.1, 0.15) is 50.4 Å². The monoisotopic (exact) mass is 442 g/mol. The Hall–Kier alpha value is -2.03. The van der Waals surface area contributed by atoms with Crippen molar-refractivity contribution in [2.24, 2.45) is 0 Å². The minimum Gasteiger partial charge on any atom is -0.487 e. The van der Waals surface area contributed by atoms with Gasteiger partial charge in [0.05, 0.1) is 32.5 Å². The fourth-order valence-corrected chi connectivity index (χ4v) is 2.53. The van der Waals surface area contributed by atoms with Gasteiger partial charge in [-0.1, -0.05) is 20.8 Å². The van der Waals surface area contributed by atoms with E-state index in [9.17, 15) is 4.79 Å². The lowest BCUT2D eigenvalue weighted by Gasteiger charge is -2.18. The molecular formula is C23H38O8. The highest BCUT2D eigenvalue weighted by Crippen LogP contribution is 2.39. The van der Waals surface area contributed by atoms with Crippen LogP contribution in [0.4, 0.5) is 0 Å². The smallest absolute Gasteiger partial charge is 0.338 e. The van der Waals surface area contributed by atoms with Crippen molar-refractivity contribution in [2.75, 3.05) is 66.6 Å². The van der Waals surface area contributed by atoms with Crippen molar-refractivity contribution in [3.05, 3.63) is 17.7 Å². The maximum absolute atomic E-state index is 12.1. The molecule has 0 aliphatic carbocycles. The average molecular weight is 443 g/mol. The van der Waals surface area contributed by atoms with Crippen LogP contribution in [0.15, 0.2) is 12.1 Å². The molecule has 0 saturated carbocycles. The van der Waals surface area contributed by atoms with E-state index in [1.807, 2.05) is 20.8 Å². The Morgan fingerprint density at radius 3 is 1.45 bits per heavy atom. The van der Waals surface area contributed by atoms with Gasteiger partial charge in [-0.25, -0.2) is 4.79 Å². The summed E-state index contributed by atoms with van der Waals surface area (Å²) in [6, 6.07) is 3.18. The Balaban J connectivity index is 2.98.